The predicted molar refractivity (Wildman–Crippen MR) is 82.3 cm³/mol. The van der Waals surface area contributed by atoms with E-state index in [2.05, 4.69) is 15.6 Å². The van der Waals surface area contributed by atoms with Gasteiger partial charge < -0.3 is 14.2 Å². The lowest BCUT2D eigenvalue weighted by atomic mass is 10.2. The van der Waals surface area contributed by atoms with E-state index >= 15 is 0 Å². The second kappa shape index (κ2) is 6.50. The standard InChI is InChI=1S/C16H10N4O4/c17-8-10-3-5-11(6-4-10)18-14(21)12-9-24-16(19-12)20-15(22)13-2-1-7-23-13/h1-7,9H,(H,18,21)(H,19,20,22). The Morgan fingerprint density at radius 3 is 2.50 bits per heavy atom. The molecule has 2 N–H and O–H groups in total. The molecule has 0 aliphatic carbocycles. The summed E-state index contributed by atoms with van der Waals surface area (Å²) in [4.78, 5) is 27.7. The van der Waals surface area contributed by atoms with Crippen LogP contribution in [0.1, 0.15) is 26.6 Å². The minimum atomic E-state index is -0.541. The number of hydrogen-bond donors (Lipinski definition) is 2. The normalized spacial score (nSPS) is 9.96. The Labute approximate surface area is 135 Å². The molecule has 2 heterocycles. The third kappa shape index (κ3) is 3.31. The molecule has 1 aromatic carbocycles. The van der Waals surface area contributed by atoms with Crippen molar-refractivity contribution in [2.45, 2.75) is 0 Å². The van der Waals surface area contributed by atoms with Crippen molar-refractivity contribution in [3.8, 4) is 6.07 Å². The van der Waals surface area contributed by atoms with Gasteiger partial charge in [0.05, 0.1) is 17.9 Å². The second-order valence-corrected chi connectivity index (χ2v) is 4.61. The van der Waals surface area contributed by atoms with Gasteiger partial charge in [0.1, 0.15) is 6.26 Å². The second-order valence-electron chi connectivity index (χ2n) is 4.61. The van der Waals surface area contributed by atoms with Crippen molar-refractivity contribution in [1.29, 1.82) is 5.26 Å². The zero-order chi connectivity index (χ0) is 16.9. The van der Waals surface area contributed by atoms with Crippen LogP contribution in [-0.2, 0) is 0 Å². The first-order valence-electron chi connectivity index (χ1n) is 6.77. The number of nitrogens with zero attached hydrogens (tertiary/aromatic N) is 2. The number of oxazole rings is 1. The molecule has 118 valence electrons. The Bertz CT molecular complexity index is 904. The molecule has 0 unspecified atom stereocenters. The van der Waals surface area contributed by atoms with Crippen molar-refractivity contribution < 1.29 is 18.4 Å². The van der Waals surface area contributed by atoms with E-state index < -0.39 is 11.8 Å². The van der Waals surface area contributed by atoms with Gasteiger partial charge in [0, 0.05) is 5.69 Å². The van der Waals surface area contributed by atoms with Gasteiger partial charge in [-0.3, -0.25) is 14.9 Å². The number of benzene rings is 1. The Morgan fingerprint density at radius 1 is 1.04 bits per heavy atom. The number of carbonyl (C=O) groups is 2. The van der Waals surface area contributed by atoms with E-state index in [1.807, 2.05) is 6.07 Å². The van der Waals surface area contributed by atoms with Crippen LogP contribution in [0.15, 0.2) is 57.8 Å². The maximum atomic E-state index is 12.1. The summed E-state index contributed by atoms with van der Waals surface area (Å²) in [6.45, 7) is 0. The number of furan rings is 1. The third-order valence-corrected chi connectivity index (χ3v) is 2.97. The molecule has 2 amide bonds. The molecule has 3 aromatic rings. The molecular formula is C16H10N4O4. The van der Waals surface area contributed by atoms with Gasteiger partial charge in [0.25, 0.3) is 11.8 Å². The van der Waals surface area contributed by atoms with E-state index in [1.165, 1.54) is 12.3 Å². The number of hydrogen-bond acceptors (Lipinski definition) is 6. The van der Waals surface area contributed by atoms with Crippen LogP contribution in [-0.4, -0.2) is 16.8 Å². The van der Waals surface area contributed by atoms with Gasteiger partial charge in [-0.25, -0.2) is 0 Å². The molecule has 0 fully saturated rings. The quantitative estimate of drug-likeness (QED) is 0.761. The molecule has 0 atom stereocenters. The summed E-state index contributed by atoms with van der Waals surface area (Å²) >= 11 is 0. The van der Waals surface area contributed by atoms with Crippen molar-refractivity contribution in [2.75, 3.05) is 10.6 Å². The summed E-state index contributed by atoms with van der Waals surface area (Å²) in [5, 5.41) is 13.7. The van der Waals surface area contributed by atoms with Gasteiger partial charge in [-0.15, -0.1) is 0 Å². The number of amides is 2. The largest absolute Gasteiger partial charge is 0.459 e. The maximum absolute atomic E-state index is 12.1. The van der Waals surface area contributed by atoms with Crippen molar-refractivity contribution in [3.05, 3.63) is 65.9 Å². The molecule has 0 radical (unpaired) electrons. The highest BCUT2D eigenvalue weighted by atomic mass is 16.4. The Hall–Kier alpha value is -3.86. The number of nitrogens with one attached hydrogen (secondary N) is 2. The Balaban J connectivity index is 1.65. The van der Waals surface area contributed by atoms with Crippen molar-refractivity contribution in [3.63, 3.8) is 0 Å². The first-order valence-corrected chi connectivity index (χ1v) is 6.77. The van der Waals surface area contributed by atoms with E-state index in [4.69, 9.17) is 14.1 Å². The zero-order valence-electron chi connectivity index (χ0n) is 12.1. The lowest BCUT2D eigenvalue weighted by Crippen LogP contribution is -2.14. The molecule has 0 saturated carbocycles. The lowest BCUT2D eigenvalue weighted by molar-refractivity contribution is 0.0990. The monoisotopic (exact) mass is 322 g/mol. The predicted octanol–water partition coefficient (Wildman–Crippen LogP) is 2.64. The first kappa shape index (κ1) is 15.1. The van der Waals surface area contributed by atoms with Gasteiger partial charge in [0.15, 0.2) is 11.5 Å². The molecule has 8 heteroatoms. The Kier molecular flexibility index (Phi) is 4.07. The minimum absolute atomic E-state index is 0.00546. The molecule has 0 aliphatic heterocycles. The summed E-state index contributed by atoms with van der Waals surface area (Å²) in [5.41, 5.74) is 0.981. The highest BCUT2D eigenvalue weighted by molar-refractivity contribution is 6.04. The van der Waals surface area contributed by atoms with Crippen LogP contribution in [0, 0.1) is 11.3 Å². The molecule has 0 spiro atoms. The molecular weight excluding hydrogens is 312 g/mol. The number of rotatable bonds is 4. The van der Waals surface area contributed by atoms with Crippen molar-refractivity contribution in [1.82, 2.24) is 4.98 Å². The number of nitriles is 1. The summed E-state index contributed by atoms with van der Waals surface area (Å²) in [6, 6.07) is 11.3. The average molecular weight is 322 g/mol. The zero-order valence-corrected chi connectivity index (χ0v) is 12.1. The fourth-order valence-electron chi connectivity index (χ4n) is 1.83. The molecule has 0 saturated heterocycles. The fourth-order valence-corrected chi connectivity index (χ4v) is 1.83. The highest BCUT2D eigenvalue weighted by Crippen LogP contribution is 2.13. The van der Waals surface area contributed by atoms with Crippen LogP contribution in [0.25, 0.3) is 0 Å². The summed E-state index contributed by atoms with van der Waals surface area (Å²) in [7, 11) is 0. The lowest BCUT2D eigenvalue weighted by Gasteiger charge is -2.02. The van der Waals surface area contributed by atoms with Gasteiger partial charge in [-0.1, -0.05) is 0 Å². The molecule has 3 rings (SSSR count). The SMILES string of the molecule is N#Cc1ccc(NC(=O)c2coc(NC(=O)c3ccco3)n2)cc1. The van der Waals surface area contributed by atoms with Crippen LogP contribution >= 0.6 is 0 Å². The van der Waals surface area contributed by atoms with E-state index in [9.17, 15) is 9.59 Å². The van der Waals surface area contributed by atoms with Crippen LogP contribution in [0.3, 0.4) is 0 Å². The van der Waals surface area contributed by atoms with E-state index in [0.717, 1.165) is 6.26 Å². The van der Waals surface area contributed by atoms with Crippen LogP contribution < -0.4 is 10.6 Å². The van der Waals surface area contributed by atoms with Gasteiger partial charge in [-0.05, 0) is 36.4 Å². The third-order valence-electron chi connectivity index (χ3n) is 2.97. The summed E-state index contributed by atoms with van der Waals surface area (Å²) in [6.07, 6.45) is 2.48. The van der Waals surface area contributed by atoms with Crippen LogP contribution in [0.2, 0.25) is 0 Å². The van der Waals surface area contributed by atoms with Gasteiger partial charge in [0.2, 0.25) is 0 Å². The first-order chi connectivity index (χ1) is 11.7. The number of carbonyl (C=O) groups excluding carboxylic acids is 2. The Morgan fingerprint density at radius 2 is 1.83 bits per heavy atom. The maximum Gasteiger partial charge on any atom is 0.302 e. The summed E-state index contributed by atoms with van der Waals surface area (Å²) < 4.78 is 9.98. The number of anilines is 2. The van der Waals surface area contributed by atoms with Gasteiger partial charge >= 0.3 is 6.01 Å². The van der Waals surface area contributed by atoms with Crippen LogP contribution in [0.5, 0.6) is 0 Å². The number of aromatic nitrogens is 1. The molecule has 2 aromatic heterocycles. The van der Waals surface area contributed by atoms with E-state index in [1.54, 1.807) is 30.3 Å². The molecule has 24 heavy (non-hydrogen) atoms. The van der Waals surface area contributed by atoms with Crippen molar-refractivity contribution >= 4 is 23.5 Å². The summed E-state index contributed by atoms with van der Waals surface area (Å²) in [5.74, 6) is -0.959. The average Bonchev–Trinajstić information content (AvgIpc) is 3.27. The van der Waals surface area contributed by atoms with Crippen LogP contribution in [0.4, 0.5) is 11.7 Å². The van der Waals surface area contributed by atoms with Crippen molar-refractivity contribution in [2.24, 2.45) is 0 Å². The van der Waals surface area contributed by atoms with E-state index in [-0.39, 0.29) is 17.5 Å². The smallest absolute Gasteiger partial charge is 0.302 e. The highest BCUT2D eigenvalue weighted by Gasteiger charge is 2.16. The molecule has 8 nitrogen and oxygen atoms in total. The van der Waals surface area contributed by atoms with Gasteiger partial charge in [-0.2, -0.15) is 10.2 Å². The topological polar surface area (TPSA) is 121 Å². The molecule has 0 bridgehead atoms. The fraction of sp³-hybridized carbons (Fsp3) is 0. The van der Waals surface area contributed by atoms with E-state index in [0.29, 0.717) is 11.3 Å². The molecule has 0 aliphatic rings. The minimum Gasteiger partial charge on any atom is -0.459 e.